The molecule has 1 N–H and O–H groups in total. The zero-order valence-electron chi connectivity index (χ0n) is 13.5. The van der Waals surface area contributed by atoms with Gasteiger partial charge in [0.1, 0.15) is 0 Å². The van der Waals surface area contributed by atoms with Crippen LogP contribution >= 0.6 is 0 Å². The zero-order chi connectivity index (χ0) is 15.1. The van der Waals surface area contributed by atoms with E-state index >= 15 is 0 Å². The summed E-state index contributed by atoms with van der Waals surface area (Å²) in [6.07, 6.45) is 3.43. The van der Waals surface area contributed by atoms with Crippen LogP contribution in [0.15, 0.2) is 54.6 Å². The van der Waals surface area contributed by atoms with Crippen LogP contribution in [0.2, 0.25) is 0 Å². The first-order valence-corrected chi connectivity index (χ1v) is 8.05. The molecule has 0 aliphatic rings. The van der Waals surface area contributed by atoms with Gasteiger partial charge in [0, 0.05) is 12.1 Å². The van der Waals surface area contributed by atoms with Crippen LogP contribution in [0.4, 0.5) is 0 Å². The van der Waals surface area contributed by atoms with Gasteiger partial charge in [0.15, 0.2) is 0 Å². The number of nitrogens with one attached hydrogen (secondary N) is 1. The van der Waals surface area contributed by atoms with Crippen molar-refractivity contribution in [3.05, 3.63) is 71.3 Å². The Bertz CT molecular complexity index is 515. The fourth-order valence-corrected chi connectivity index (χ4v) is 2.70. The van der Waals surface area contributed by atoms with Crippen molar-refractivity contribution in [2.24, 2.45) is 0 Å². The minimum Gasteiger partial charge on any atom is -0.307 e. The summed E-state index contributed by atoms with van der Waals surface area (Å²) in [4.78, 5) is 0. The molecule has 2 aromatic rings. The molecule has 21 heavy (non-hydrogen) atoms. The number of hydrogen-bond acceptors (Lipinski definition) is 1. The summed E-state index contributed by atoms with van der Waals surface area (Å²) in [5.74, 6) is 0. The minimum absolute atomic E-state index is 0.455. The first kappa shape index (κ1) is 15.8. The molecule has 2 rings (SSSR count). The lowest BCUT2D eigenvalue weighted by Crippen LogP contribution is -2.30. The Morgan fingerprint density at radius 1 is 0.952 bits per heavy atom. The van der Waals surface area contributed by atoms with E-state index in [-0.39, 0.29) is 0 Å². The summed E-state index contributed by atoms with van der Waals surface area (Å²) in [6.45, 7) is 6.68. The number of aryl methyl sites for hydroxylation is 2. The van der Waals surface area contributed by atoms with Crippen LogP contribution in [0.1, 0.15) is 49.4 Å². The van der Waals surface area contributed by atoms with Gasteiger partial charge in [-0.15, -0.1) is 0 Å². The van der Waals surface area contributed by atoms with Crippen molar-refractivity contribution in [1.29, 1.82) is 0 Å². The Labute approximate surface area is 129 Å². The molecule has 2 unspecified atom stereocenters. The second kappa shape index (κ2) is 7.99. The molecule has 0 amide bonds. The van der Waals surface area contributed by atoms with Gasteiger partial charge in [0.2, 0.25) is 0 Å². The van der Waals surface area contributed by atoms with Crippen LogP contribution in [0.3, 0.4) is 0 Å². The first-order chi connectivity index (χ1) is 10.2. The van der Waals surface area contributed by atoms with Gasteiger partial charge in [0.25, 0.3) is 0 Å². The van der Waals surface area contributed by atoms with E-state index in [4.69, 9.17) is 0 Å². The SMILES string of the molecule is CCC(NC(C)CCc1ccccc1)c1ccc(C)cc1. The van der Waals surface area contributed by atoms with Gasteiger partial charge in [-0.1, -0.05) is 67.1 Å². The normalized spacial score (nSPS) is 13.9. The highest BCUT2D eigenvalue weighted by Gasteiger charge is 2.12. The van der Waals surface area contributed by atoms with E-state index in [1.165, 1.54) is 23.1 Å². The number of benzene rings is 2. The van der Waals surface area contributed by atoms with Crippen molar-refractivity contribution in [1.82, 2.24) is 5.32 Å². The highest BCUT2D eigenvalue weighted by atomic mass is 14.9. The van der Waals surface area contributed by atoms with E-state index < -0.39 is 0 Å². The van der Waals surface area contributed by atoms with Crippen LogP contribution in [-0.4, -0.2) is 6.04 Å². The summed E-state index contributed by atoms with van der Waals surface area (Å²) < 4.78 is 0. The second-order valence-corrected chi connectivity index (χ2v) is 5.96. The first-order valence-electron chi connectivity index (χ1n) is 8.05. The van der Waals surface area contributed by atoms with Crippen LogP contribution in [0, 0.1) is 6.92 Å². The predicted molar refractivity (Wildman–Crippen MR) is 91.6 cm³/mol. The van der Waals surface area contributed by atoms with E-state index in [2.05, 4.69) is 80.7 Å². The lowest BCUT2D eigenvalue weighted by atomic mass is 10.0. The Kier molecular flexibility index (Phi) is 6.01. The smallest absolute Gasteiger partial charge is 0.0319 e. The second-order valence-electron chi connectivity index (χ2n) is 5.96. The van der Waals surface area contributed by atoms with Crippen LogP contribution in [0.25, 0.3) is 0 Å². The molecule has 0 heterocycles. The third kappa shape index (κ3) is 5.02. The quantitative estimate of drug-likeness (QED) is 0.748. The molecule has 1 heteroatoms. The van der Waals surface area contributed by atoms with Gasteiger partial charge in [-0.3, -0.25) is 0 Å². The summed E-state index contributed by atoms with van der Waals surface area (Å²) in [6, 6.07) is 20.6. The maximum atomic E-state index is 3.77. The summed E-state index contributed by atoms with van der Waals surface area (Å²) >= 11 is 0. The van der Waals surface area contributed by atoms with Crippen molar-refractivity contribution in [3.8, 4) is 0 Å². The molecule has 0 saturated carbocycles. The molecule has 0 spiro atoms. The maximum absolute atomic E-state index is 3.77. The lowest BCUT2D eigenvalue weighted by molar-refractivity contribution is 0.427. The Hall–Kier alpha value is -1.60. The average molecular weight is 281 g/mol. The molecular formula is C20H27N. The standard InChI is InChI=1S/C20H27N/c1-4-20(19-14-10-16(2)11-15-19)21-17(3)12-13-18-8-6-5-7-9-18/h5-11,14-15,17,20-21H,4,12-13H2,1-3H3. The Morgan fingerprint density at radius 3 is 2.24 bits per heavy atom. The van der Waals surface area contributed by atoms with E-state index in [9.17, 15) is 0 Å². The predicted octanol–water partition coefficient (Wildman–Crippen LogP) is 5.06. The Morgan fingerprint density at radius 2 is 1.62 bits per heavy atom. The fourth-order valence-electron chi connectivity index (χ4n) is 2.70. The maximum Gasteiger partial charge on any atom is 0.0319 e. The topological polar surface area (TPSA) is 12.0 Å². The molecule has 2 aromatic carbocycles. The molecule has 0 aliphatic carbocycles. The van der Waals surface area contributed by atoms with Crippen LogP contribution in [-0.2, 0) is 6.42 Å². The van der Waals surface area contributed by atoms with Gasteiger partial charge < -0.3 is 5.32 Å². The van der Waals surface area contributed by atoms with Crippen molar-refractivity contribution in [2.75, 3.05) is 0 Å². The highest BCUT2D eigenvalue weighted by Crippen LogP contribution is 2.18. The molecule has 0 bridgehead atoms. The van der Waals surface area contributed by atoms with E-state index in [1.54, 1.807) is 0 Å². The largest absolute Gasteiger partial charge is 0.307 e. The van der Waals surface area contributed by atoms with Gasteiger partial charge in [-0.2, -0.15) is 0 Å². The summed E-state index contributed by atoms with van der Waals surface area (Å²) in [5.41, 5.74) is 4.15. The molecule has 1 nitrogen and oxygen atoms in total. The van der Waals surface area contributed by atoms with Crippen molar-refractivity contribution >= 4 is 0 Å². The zero-order valence-corrected chi connectivity index (χ0v) is 13.5. The molecule has 112 valence electrons. The Balaban J connectivity index is 1.87. The van der Waals surface area contributed by atoms with Crippen molar-refractivity contribution in [3.63, 3.8) is 0 Å². The molecule has 0 aliphatic heterocycles. The molecule has 0 radical (unpaired) electrons. The van der Waals surface area contributed by atoms with Crippen molar-refractivity contribution < 1.29 is 0 Å². The molecule has 0 aromatic heterocycles. The van der Waals surface area contributed by atoms with E-state index in [0.29, 0.717) is 12.1 Å². The lowest BCUT2D eigenvalue weighted by Gasteiger charge is -2.23. The molecule has 0 saturated heterocycles. The molecule has 2 atom stereocenters. The van der Waals surface area contributed by atoms with Gasteiger partial charge in [-0.05, 0) is 44.2 Å². The van der Waals surface area contributed by atoms with Gasteiger partial charge in [0.05, 0.1) is 0 Å². The monoisotopic (exact) mass is 281 g/mol. The van der Waals surface area contributed by atoms with Crippen LogP contribution in [0.5, 0.6) is 0 Å². The number of hydrogen-bond donors (Lipinski definition) is 1. The molecular weight excluding hydrogens is 254 g/mol. The van der Waals surface area contributed by atoms with E-state index in [1.807, 2.05) is 0 Å². The third-order valence-electron chi connectivity index (χ3n) is 4.08. The summed E-state index contributed by atoms with van der Waals surface area (Å²) in [5, 5.41) is 3.77. The van der Waals surface area contributed by atoms with Gasteiger partial charge >= 0.3 is 0 Å². The fraction of sp³-hybridized carbons (Fsp3) is 0.400. The highest BCUT2D eigenvalue weighted by molar-refractivity contribution is 5.24. The van der Waals surface area contributed by atoms with Gasteiger partial charge in [-0.25, -0.2) is 0 Å². The van der Waals surface area contributed by atoms with E-state index in [0.717, 1.165) is 12.8 Å². The van der Waals surface area contributed by atoms with Crippen LogP contribution < -0.4 is 5.32 Å². The molecule has 0 fully saturated rings. The number of rotatable bonds is 7. The average Bonchev–Trinajstić information content (AvgIpc) is 2.52. The third-order valence-corrected chi connectivity index (χ3v) is 4.08. The van der Waals surface area contributed by atoms with Crippen molar-refractivity contribution in [2.45, 2.75) is 52.1 Å². The summed E-state index contributed by atoms with van der Waals surface area (Å²) in [7, 11) is 0. The minimum atomic E-state index is 0.455.